The maximum atomic E-state index is 11.9. The van der Waals surface area contributed by atoms with Crippen LogP contribution in [0.3, 0.4) is 0 Å². The van der Waals surface area contributed by atoms with Crippen molar-refractivity contribution >= 4 is 10.2 Å². The minimum absolute atomic E-state index is 0.0113. The Balaban J connectivity index is 2.14. The third kappa shape index (κ3) is 5.03. The fourth-order valence-electron chi connectivity index (χ4n) is 2.65. The van der Waals surface area contributed by atoms with E-state index in [0.29, 0.717) is 26.3 Å². The Kier molecular flexibility index (Phi) is 6.34. The molecule has 1 unspecified atom stereocenters. The van der Waals surface area contributed by atoms with Crippen molar-refractivity contribution in [1.29, 1.82) is 0 Å². The minimum atomic E-state index is -3.44. The quantitative estimate of drug-likeness (QED) is 0.778. The monoisotopic (exact) mass is 327 g/mol. The summed E-state index contributed by atoms with van der Waals surface area (Å²) >= 11 is 0. The Morgan fingerprint density at radius 3 is 2.64 bits per heavy atom. The molecule has 0 spiro atoms. The van der Waals surface area contributed by atoms with Gasteiger partial charge in [-0.3, -0.25) is 4.90 Å². The van der Waals surface area contributed by atoms with Crippen molar-refractivity contribution in [2.75, 3.05) is 39.4 Å². The van der Waals surface area contributed by atoms with E-state index in [2.05, 4.69) is 26.5 Å². The molecule has 0 saturated carbocycles. The van der Waals surface area contributed by atoms with Crippen LogP contribution in [0.1, 0.15) is 24.1 Å². The highest BCUT2D eigenvalue weighted by Crippen LogP contribution is 2.22. The van der Waals surface area contributed by atoms with Gasteiger partial charge in [0.1, 0.15) is 0 Å². The van der Waals surface area contributed by atoms with E-state index in [1.54, 1.807) is 6.92 Å². The molecule has 0 radical (unpaired) electrons. The van der Waals surface area contributed by atoms with Crippen LogP contribution in [0.5, 0.6) is 0 Å². The Hall–Kier alpha value is -0.990. The molecule has 2 rings (SSSR count). The summed E-state index contributed by atoms with van der Waals surface area (Å²) in [6, 6.07) is 8.23. The van der Waals surface area contributed by atoms with Crippen molar-refractivity contribution in [3.8, 4) is 0 Å². The van der Waals surface area contributed by atoms with Gasteiger partial charge in [-0.05, 0) is 12.5 Å². The van der Waals surface area contributed by atoms with E-state index in [1.807, 2.05) is 19.1 Å². The van der Waals surface area contributed by atoms with E-state index in [9.17, 15) is 8.42 Å². The SMILES string of the molecule is CCNS(=O)(=O)NCC(c1cccc(C)c1)N1CCOCC1. The Morgan fingerprint density at radius 2 is 2.00 bits per heavy atom. The van der Waals surface area contributed by atoms with Gasteiger partial charge in [-0.15, -0.1) is 0 Å². The summed E-state index contributed by atoms with van der Waals surface area (Å²) in [5.41, 5.74) is 2.30. The van der Waals surface area contributed by atoms with Crippen molar-refractivity contribution in [1.82, 2.24) is 14.3 Å². The second kappa shape index (κ2) is 8.03. The molecule has 6 nitrogen and oxygen atoms in total. The molecule has 124 valence electrons. The molecule has 7 heteroatoms. The van der Waals surface area contributed by atoms with E-state index < -0.39 is 10.2 Å². The topological polar surface area (TPSA) is 70.7 Å². The molecule has 0 aliphatic carbocycles. The molecule has 0 bridgehead atoms. The van der Waals surface area contributed by atoms with Gasteiger partial charge < -0.3 is 4.74 Å². The third-order valence-electron chi connectivity index (χ3n) is 3.71. The molecule has 1 aliphatic heterocycles. The number of hydrogen-bond donors (Lipinski definition) is 2. The maximum absolute atomic E-state index is 11.9. The van der Waals surface area contributed by atoms with Crippen molar-refractivity contribution in [3.63, 3.8) is 0 Å². The Morgan fingerprint density at radius 1 is 1.27 bits per heavy atom. The zero-order chi connectivity index (χ0) is 16.0. The second-order valence-corrected chi connectivity index (χ2v) is 7.01. The van der Waals surface area contributed by atoms with E-state index in [1.165, 1.54) is 5.56 Å². The molecule has 1 aromatic rings. The normalized spacial score (nSPS) is 18.3. The molecule has 0 aromatic heterocycles. The molecule has 1 saturated heterocycles. The average molecular weight is 327 g/mol. The first-order chi connectivity index (χ1) is 10.5. The van der Waals surface area contributed by atoms with Gasteiger partial charge in [0.15, 0.2) is 0 Å². The predicted molar refractivity (Wildman–Crippen MR) is 86.9 cm³/mol. The number of aryl methyl sites for hydroxylation is 1. The maximum Gasteiger partial charge on any atom is 0.276 e. The lowest BCUT2D eigenvalue weighted by Crippen LogP contribution is -2.46. The van der Waals surface area contributed by atoms with Gasteiger partial charge in [-0.1, -0.05) is 36.8 Å². The first-order valence-corrected chi connectivity index (χ1v) is 9.13. The van der Waals surface area contributed by atoms with Gasteiger partial charge in [0.2, 0.25) is 0 Å². The third-order valence-corrected chi connectivity index (χ3v) is 4.93. The zero-order valence-electron chi connectivity index (χ0n) is 13.2. The molecule has 1 atom stereocenters. The summed E-state index contributed by atoms with van der Waals surface area (Å²) < 4.78 is 34.2. The standard InChI is InChI=1S/C15H25N3O3S/c1-3-16-22(19,20)17-12-15(18-7-9-21-10-8-18)14-6-4-5-13(2)11-14/h4-6,11,15-17H,3,7-10,12H2,1-2H3. The molecule has 1 heterocycles. The molecule has 2 N–H and O–H groups in total. The number of hydrogen-bond acceptors (Lipinski definition) is 4. The van der Waals surface area contributed by atoms with Gasteiger partial charge in [0.05, 0.1) is 13.2 Å². The molecular weight excluding hydrogens is 302 g/mol. The number of rotatable bonds is 7. The van der Waals surface area contributed by atoms with E-state index >= 15 is 0 Å². The van der Waals surface area contributed by atoms with E-state index in [4.69, 9.17) is 4.74 Å². The summed E-state index contributed by atoms with van der Waals surface area (Å²) in [6.45, 7) is 7.51. The van der Waals surface area contributed by atoms with Gasteiger partial charge in [-0.2, -0.15) is 8.42 Å². The fourth-order valence-corrected chi connectivity index (χ4v) is 3.51. The Labute approximate surface area is 133 Å². The average Bonchev–Trinajstić information content (AvgIpc) is 2.48. The molecule has 1 fully saturated rings. The van der Waals surface area contributed by atoms with Crippen LogP contribution in [0.2, 0.25) is 0 Å². The zero-order valence-corrected chi connectivity index (χ0v) is 14.0. The van der Waals surface area contributed by atoms with Crippen LogP contribution in [-0.2, 0) is 14.9 Å². The molecule has 0 amide bonds. The summed E-state index contributed by atoms with van der Waals surface area (Å²) in [6.07, 6.45) is 0. The lowest BCUT2D eigenvalue weighted by molar-refractivity contribution is 0.0172. The highest BCUT2D eigenvalue weighted by atomic mass is 32.2. The van der Waals surface area contributed by atoms with Crippen LogP contribution in [0.15, 0.2) is 24.3 Å². The van der Waals surface area contributed by atoms with Crippen molar-refractivity contribution in [2.45, 2.75) is 19.9 Å². The second-order valence-electron chi connectivity index (χ2n) is 5.43. The van der Waals surface area contributed by atoms with Crippen LogP contribution in [0.4, 0.5) is 0 Å². The summed E-state index contributed by atoms with van der Waals surface area (Å²) in [5.74, 6) is 0. The van der Waals surface area contributed by atoms with Crippen LogP contribution >= 0.6 is 0 Å². The number of morpholine rings is 1. The summed E-state index contributed by atoms with van der Waals surface area (Å²) in [4.78, 5) is 2.27. The highest BCUT2D eigenvalue weighted by Gasteiger charge is 2.24. The van der Waals surface area contributed by atoms with E-state index in [0.717, 1.165) is 18.7 Å². The number of nitrogens with zero attached hydrogens (tertiary/aromatic N) is 1. The fraction of sp³-hybridized carbons (Fsp3) is 0.600. The van der Waals surface area contributed by atoms with Gasteiger partial charge in [0.25, 0.3) is 10.2 Å². The molecule has 1 aromatic carbocycles. The van der Waals surface area contributed by atoms with Gasteiger partial charge >= 0.3 is 0 Å². The van der Waals surface area contributed by atoms with Crippen molar-refractivity contribution < 1.29 is 13.2 Å². The number of nitrogens with one attached hydrogen (secondary N) is 2. The van der Waals surface area contributed by atoms with Crippen molar-refractivity contribution in [2.24, 2.45) is 0 Å². The largest absolute Gasteiger partial charge is 0.379 e. The smallest absolute Gasteiger partial charge is 0.276 e. The van der Waals surface area contributed by atoms with Gasteiger partial charge in [0, 0.05) is 32.2 Å². The lowest BCUT2D eigenvalue weighted by Gasteiger charge is -2.35. The minimum Gasteiger partial charge on any atom is -0.379 e. The summed E-state index contributed by atoms with van der Waals surface area (Å²) in [7, 11) is -3.44. The van der Waals surface area contributed by atoms with Gasteiger partial charge in [-0.25, -0.2) is 9.44 Å². The Bertz CT molecular complexity index is 571. The van der Waals surface area contributed by atoms with Crippen LogP contribution in [0, 0.1) is 6.92 Å². The molecule has 22 heavy (non-hydrogen) atoms. The molecular formula is C15H25N3O3S. The predicted octanol–water partition coefficient (Wildman–Crippen LogP) is 0.812. The van der Waals surface area contributed by atoms with E-state index in [-0.39, 0.29) is 6.04 Å². The van der Waals surface area contributed by atoms with Crippen molar-refractivity contribution in [3.05, 3.63) is 35.4 Å². The lowest BCUT2D eigenvalue weighted by atomic mass is 10.0. The summed E-state index contributed by atoms with van der Waals surface area (Å²) in [5, 5.41) is 0. The van der Waals surface area contributed by atoms with Crippen LogP contribution in [0.25, 0.3) is 0 Å². The number of benzene rings is 1. The molecule has 1 aliphatic rings. The van der Waals surface area contributed by atoms with Crippen LogP contribution < -0.4 is 9.44 Å². The first-order valence-electron chi connectivity index (χ1n) is 7.64. The highest BCUT2D eigenvalue weighted by molar-refractivity contribution is 7.87. The number of ether oxygens (including phenoxy) is 1. The first kappa shape index (κ1) is 17.4. The van der Waals surface area contributed by atoms with Crippen LogP contribution in [-0.4, -0.2) is 52.7 Å².